The Hall–Kier alpha value is -2.21. The minimum Gasteiger partial charge on any atom is -0.320 e. The lowest BCUT2D eigenvalue weighted by Crippen LogP contribution is -2.40. The maximum Gasteiger partial charge on any atom is 0.220 e. The monoisotopic (exact) mass is 467 g/mol. The molecule has 3 aromatic carbocycles. The Kier molecular flexibility index (Phi) is 7.06. The second-order valence-corrected chi connectivity index (χ2v) is 13.2. The number of rotatable bonds is 8. The van der Waals surface area contributed by atoms with Gasteiger partial charge in [-0.15, -0.1) is 0 Å². The zero-order valence-electron chi connectivity index (χ0n) is 17.0. The summed E-state index contributed by atoms with van der Waals surface area (Å²) in [4.78, 5) is 13.2. The zero-order chi connectivity index (χ0) is 20.9. The first-order chi connectivity index (χ1) is 13.8. The second-order valence-electron chi connectivity index (χ2n) is 7.93. The summed E-state index contributed by atoms with van der Waals surface area (Å²) < 4.78 is 7.47. The average molecular weight is 468 g/mol. The van der Waals surface area contributed by atoms with Crippen LogP contribution in [0.1, 0.15) is 28.4 Å². The molecule has 29 heavy (non-hydrogen) atoms. The van der Waals surface area contributed by atoms with E-state index < -0.39 is 8.32 Å². The summed E-state index contributed by atoms with van der Waals surface area (Å²) in [5.74, 6) is 0.0893. The van der Waals surface area contributed by atoms with Crippen molar-refractivity contribution in [2.24, 2.45) is 0 Å². The summed E-state index contributed by atoms with van der Waals surface area (Å²) in [6.07, 6.45) is 0.324. The summed E-state index contributed by atoms with van der Waals surface area (Å²) in [5, 5.41) is 1.94. The predicted octanol–water partition coefficient (Wildman–Crippen LogP) is 7.04. The molecule has 0 saturated heterocycles. The highest BCUT2D eigenvalue weighted by atomic mass is 79.9. The lowest BCUT2D eigenvalue weighted by atomic mass is 9.97. The van der Waals surface area contributed by atoms with Crippen molar-refractivity contribution in [3.8, 4) is 0 Å². The molecule has 0 aliphatic heterocycles. The minimum absolute atomic E-state index is 0.0893. The second kappa shape index (κ2) is 9.52. The van der Waals surface area contributed by atoms with Crippen LogP contribution in [0.5, 0.6) is 0 Å². The summed E-state index contributed by atoms with van der Waals surface area (Å²) in [5.41, 5.74) is 2.71. The van der Waals surface area contributed by atoms with Gasteiger partial charge in [0.15, 0.2) is 5.78 Å². The molecule has 0 amide bonds. The number of anilines is 1. The highest BCUT2D eigenvalue weighted by Gasteiger charge is 2.29. The van der Waals surface area contributed by atoms with Crippen molar-refractivity contribution in [2.75, 3.05) is 5.06 Å². The van der Waals surface area contributed by atoms with Crippen LogP contribution in [0.25, 0.3) is 0 Å². The van der Waals surface area contributed by atoms with Crippen molar-refractivity contribution >= 4 is 35.7 Å². The van der Waals surface area contributed by atoms with E-state index in [-0.39, 0.29) is 11.8 Å². The van der Waals surface area contributed by atoms with Gasteiger partial charge >= 0.3 is 0 Å². The van der Waals surface area contributed by atoms with Crippen molar-refractivity contribution < 1.29 is 9.32 Å². The van der Waals surface area contributed by atoms with E-state index in [0.717, 1.165) is 15.7 Å². The molecule has 0 aliphatic carbocycles. The van der Waals surface area contributed by atoms with Gasteiger partial charge in [-0.25, -0.2) is 0 Å². The van der Waals surface area contributed by atoms with Crippen molar-refractivity contribution in [3.05, 3.63) is 101 Å². The molecule has 3 rings (SSSR count). The Morgan fingerprint density at radius 2 is 1.45 bits per heavy atom. The third-order valence-electron chi connectivity index (χ3n) is 4.40. The van der Waals surface area contributed by atoms with Crippen LogP contribution >= 0.6 is 15.9 Å². The number of halogens is 1. The van der Waals surface area contributed by atoms with E-state index in [1.807, 2.05) is 77.9 Å². The van der Waals surface area contributed by atoms with Gasteiger partial charge in [0, 0.05) is 16.5 Å². The third-order valence-corrected chi connectivity index (χ3v) is 5.67. The first-order valence-corrected chi connectivity index (χ1v) is 13.9. The van der Waals surface area contributed by atoms with Gasteiger partial charge in [0.1, 0.15) is 0 Å². The first kappa shape index (κ1) is 21.5. The van der Waals surface area contributed by atoms with E-state index in [9.17, 15) is 4.79 Å². The highest BCUT2D eigenvalue weighted by molar-refractivity contribution is 9.10. The number of hydrogen-bond acceptors (Lipinski definition) is 3. The molecule has 150 valence electrons. The maximum absolute atomic E-state index is 13.2. The van der Waals surface area contributed by atoms with Gasteiger partial charge in [-0.2, -0.15) is 0 Å². The number of hydroxylamine groups is 1. The number of hydrogen-bond donors (Lipinski definition) is 0. The Morgan fingerprint density at radius 1 is 0.897 bits per heavy atom. The minimum atomic E-state index is -1.93. The van der Waals surface area contributed by atoms with Crippen LogP contribution in [0.15, 0.2) is 89.4 Å². The Labute approximate surface area is 182 Å². The van der Waals surface area contributed by atoms with Crippen molar-refractivity contribution in [3.63, 3.8) is 0 Å². The van der Waals surface area contributed by atoms with Gasteiger partial charge < -0.3 is 4.53 Å². The molecule has 3 aromatic rings. The van der Waals surface area contributed by atoms with Gasteiger partial charge in [0.2, 0.25) is 8.32 Å². The van der Waals surface area contributed by atoms with Crippen LogP contribution in [-0.4, -0.2) is 14.1 Å². The fourth-order valence-corrected chi connectivity index (χ4v) is 4.19. The van der Waals surface area contributed by atoms with Gasteiger partial charge in [-0.05, 0) is 49.5 Å². The quantitative estimate of drug-likeness (QED) is 0.202. The van der Waals surface area contributed by atoms with E-state index in [1.165, 1.54) is 0 Å². The van der Waals surface area contributed by atoms with Crippen LogP contribution < -0.4 is 5.06 Å². The Bertz CT molecular complexity index is 925. The average Bonchev–Trinajstić information content (AvgIpc) is 2.71. The van der Waals surface area contributed by atoms with Crippen LogP contribution in [0, 0.1) is 0 Å². The molecule has 0 bridgehead atoms. The largest absolute Gasteiger partial charge is 0.320 e. The summed E-state index contributed by atoms with van der Waals surface area (Å²) in [6.45, 7) is 6.46. The molecule has 0 fully saturated rings. The van der Waals surface area contributed by atoms with E-state index in [0.29, 0.717) is 12.0 Å². The molecule has 0 aliphatic rings. The van der Waals surface area contributed by atoms with Crippen LogP contribution in [0.3, 0.4) is 0 Å². The number of Topliss-reactive ketones (excluding diaryl/α,β-unsaturated/α-hetero) is 1. The van der Waals surface area contributed by atoms with Gasteiger partial charge in [0.05, 0.1) is 11.7 Å². The fraction of sp³-hybridized carbons (Fsp3) is 0.208. The van der Waals surface area contributed by atoms with Gasteiger partial charge in [0.25, 0.3) is 0 Å². The molecular weight excluding hydrogens is 442 g/mol. The van der Waals surface area contributed by atoms with E-state index in [1.54, 1.807) is 0 Å². The number of carbonyl (C=O) groups is 1. The number of para-hydroxylation sites is 1. The number of ketones is 1. The molecule has 0 heterocycles. The third kappa shape index (κ3) is 6.13. The maximum atomic E-state index is 13.2. The molecule has 3 nitrogen and oxygen atoms in total. The molecule has 1 atom stereocenters. The smallest absolute Gasteiger partial charge is 0.220 e. The molecule has 0 N–H and O–H groups in total. The number of carbonyl (C=O) groups excluding carboxylic acids is 1. The van der Waals surface area contributed by atoms with Gasteiger partial charge in [-0.3, -0.25) is 9.86 Å². The molecular formula is C24H26BrNO2Si. The standard InChI is InChI=1S/C24H26BrNO2Si/c1-29(2,3)28-26(22-12-8-5-9-13-22)23(19-10-6-4-7-11-19)18-24(27)20-14-16-21(25)17-15-20/h4-17,23H,18H2,1-3H3. The normalized spacial score (nSPS) is 12.4. The first-order valence-electron chi connectivity index (χ1n) is 9.70. The van der Waals surface area contributed by atoms with Crippen molar-refractivity contribution in [1.82, 2.24) is 0 Å². The molecule has 0 saturated carbocycles. The molecule has 0 spiro atoms. The fourth-order valence-electron chi connectivity index (χ4n) is 3.11. The van der Waals surface area contributed by atoms with Crippen LogP contribution in [0.4, 0.5) is 5.69 Å². The van der Waals surface area contributed by atoms with Crippen LogP contribution in [0.2, 0.25) is 19.6 Å². The molecule has 0 radical (unpaired) electrons. The highest BCUT2D eigenvalue weighted by Crippen LogP contribution is 2.33. The van der Waals surface area contributed by atoms with E-state index >= 15 is 0 Å². The van der Waals surface area contributed by atoms with E-state index in [4.69, 9.17) is 4.53 Å². The number of nitrogens with zero attached hydrogens (tertiary/aromatic N) is 1. The molecule has 0 aromatic heterocycles. The molecule has 1 unspecified atom stereocenters. The summed E-state index contributed by atoms with van der Waals surface area (Å²) >= 11 is 3.43. The molecule has 5 heteroatoms. The van der Waals surface area contributed by atoms with Crippen molar-refractivity contribution in [2.45, 2.75) is 32.1 Å². The lowest BCUT2D eigenvalue weighted by molar-refractivity contribution is 0.0953. The predicted molar refractivity (Wildman–Crippen MR) is 126 cm³/mol. The number of benzene rings is 3. The SMILES string of the molecule is C[Si](C)(C)ON(c1ccccc1)C(CC(=O)c1ccc(Br)cc1)c1ccccc1. The van der Waals surface area contributed by atoms with Crippen LogP contribution in [-0.2, 0) is 4.53 Å². The summed E-state index contributed by atoms with van der Waals surface area (Å²) in [7, 11) is -1.93. The van der Waals surface area contributed by atoms with Gasteiger partial charge in [-0.1, -0.05) is 76.6 Å². The summed E-state index contributed by atoms with van der Waals surface area (Å²) in [6, 6.07) is 27.5. The van der Waals surface area contributed by atoms with Crippen molar-refractivity contribution in [1.29, 1.82) is 0 Å². The zero-order valence-corrected chi connectivity index (χ0v) is 19.6. The topological polar surface area (TPSA) is 29.5 Å². The Morgan fingerprint density at radius 3 is 2.00 bits per heavy atom. The van der Waals surface area contributed by atoms with E-state index in [2.05, 4.69) is 47.7 Å². The Balaban J connectivity index is 2.00. The lowest BCUT2D eigenvalue weighted by Gasteiger charge is -2.37.